The van der Waals surface area contributed by atoms with E-state index in [1.165, 1.54) is 0 Å². The lowest BCUT2D eigenvalue weighted by molar-refractivity contribution is -0.147. The van der Waals surface area contributed by atoms with Crippen LogP contribution in [0.5, 0.6) is 11.5 Å². The van der Waals surface area contributed by atoms with Gasteiger partial charge in [0.15, 0.2) is 18.1 Å². The van der Waals surface area contributed by atoms with E-state index >= 15 is 0 Å². The Bertz CT molecular complexity index is 840. The van der Waals surface area contributed by atoms with Gasteiger partial charge in [-0.2, -0.15) is 0 Å². The standard InChI is InChI=1S/C20H20N2O6/c23-18(21-10-15-12-26-16-8-4-5-9-17(16)28-15)13-27-19(24)11-22-20(25)14-6-2-1-3-7-14/h1-9,15H,10-13H2,(H,21,23)(H,22,25)/t15-/m0/s1. The van der Waals surface area contributed by atoms with Crippen LogP contribution in [0.2, 0.25) is 0 Å². The van der Waals surface area contributed by atoms with Crippen molar-refractivity contribution in [1.29, 1.82) is 0 Å². The van der Waals surface area contributed by atoms with Gasteiger partial charge in [-0.25, -0.2) is 0 Å². The van der Waals surface area contributed by atoms with Gasteiger partial charge in [-0.3, -0.25) is 14.4 Å². The lowest BCUT2D eigenvalue weighted by Gasteiger charge is -2.26. The average molecular weight is 384 g/mol. The third-order valence-electron chi connectivity index (χ3n) is 3.89. The Kier molecular flexibility index (Phi) is 6.46. The second kappa shape index (κ2) is 9.40. The number of rotatable bonds is 7. The number of para-hydroxylation sites is 2. The van der Waals surface area contributed by atoms with E-state index in [9.17, 15) is 14.4 Å². The van der Waals surface area contributed by atoms with Crippen LogP contribution < -0.4 is 20.1 Å². The zero-order valence-corrected chi connectivity index (χ0v) is 15.1. The molecule has 8 heteroatoms. The third-order valence-corrected chi connectivity index (χ3v) is 3.89. The Balaban J connectivity index is 1.32. The molecular formula is C20H20N2O6. The van der Waals surface area contributed by atoms with Crippen LogP contribution in [0.15, 0.2) is 54.6 Å². The normalized spacial score (nSPS) is 14.6. The van der Waals surface area contributed by atoms with Crippen LogP contribution in [0.3, 0.4) is 0 Å². The fourth-order valence-electron chi connectivity index (χ4n) is 2.48. The molecule has 0 saturated carbocycles. The van der Waals surface area contributed by atoms with Crippen LogP contribution in [-0.4, -0.2) is 50.2 Å². The molecule has 146 valence electrons. The first kappa shape index (κ1) is 19.2. The smallest absolute Gasteiger partial charge is 0.325 e. The SMILES string of the molecule is O=C(COC(=O)CNC(=O)c1ccccc1)NC[C@H]1COc2ccccc2O1. The quantitative estimate of drug-likeness (QED) is 0.688. The van der Waals surface area contributed by atoms with E-state index in [-0.39, 0.29) is 19.2 Å². The molecule has 28 heavy (non-hydrogen) atoms. The van der Waals surface area contributed by atoms with Crippen molar-refractivity contribution >= 4 is 17.8 Å². The third kappa shape index (κ3) is 5.47. The first-order chi connectivity index (χ1) is 13.6. The largest absolute Gasteiger partial charge is 0.486 e. The summed E-state index contributed by atoms with van der Waals surface area (Å²) >= 11 is 0. The van der Waals surface area contributed by atoms with Crippen molar-refractivity contribution in [2.45, 2.75) is 6.10 Å². The summed E-state index contributed by atoms with van der Waals surface area (Å²) in [5, 5.41) is 5.05. The molecule has 0 bridgehead atoms. The molecule has 0 aliphatic carbocycles. The van der Waals surface area contributed by atoms with Crippen molar-refractivity contribution in [3.05, 3.63) is 60.2 Å². The molecule has 0 radical (unpaired) electrons. The number of ether oxygens (including phenoxy) is 3. The molecule has 0 spiro atoms. The van der Waals surface area contributed by atoms with E-state index in [0.717, 1.165) is 0 Å². The van der Waals surface area contributed by atoms with Crippen LogP contribution in [-0.2, 0) is 14.3 Å². The zero-order valence-electron chi connectivity index (χ0n) is 15.1. The lowest BCUT2D eigenvalue weighted by Crippen LogP contribution is -2.42. The number of benzene rings is 2. The maximum atomic E-state index is 11.8. The first-order valence-electron chi connectivity index (χ1n) is 8.76. The van der Waals surface area contributed by atoms with E-state index in [2.05, 4.69) is 10.6 Å². The van der Waals surface area contributed by atoms with Gasteiger partial charge < -0.3 is 24.8 Å². The molecule has 1 aliphatic heterocycles. The first-order valence-corrected chi connectivity index (χ1v) is 8.76. The van der Waals surface area contributed by atoms with Gasteiger partial charge in [0.05, 0.1) is 6.54 Å². The summed E-state index contributed by atoms with van der Waals surface area (Å²) in [5.41, 5.74) is 0.435. The van der Waals surface area contributed by atoms with Crippen LogP contribution >= 0.6 is 0 Å². The highest BCUT2D eigenvalue weighted by molar-refractivity contribution is 5.96. The maximum absolute atomic E-state index is 11.8. The van der Waals surface area contributed by atoms with E-state index in [1.54, 1.807) is 42.5 Å². The molecule has 2 aromatic carbocycles. The number of carbonyl (C=O) groups excluding carboxylic acids is 3. The summed E-state index contributed by atoms with van der Waals surface area (Å²) in [6.07, 6.45) is -0.334. The molecule has 2 aromatic rings. The minimum Gasteiger partial charge on any atom is -0.486 e. The Morgan fingerprint density at radius 1 is 0.964 bits per heavy atom. The van der Waals surface area contributed by atoms with Gasteiger partial charge in [-0.1, -0.05) is 30.3 Å². The van der Waals surface area contributed by atoms with Crippen molar-refractivity contribution in [3.63, 3.8) is 0 Å². The maximum Gasteiger partial charge on any atom is 0.325 e. The Hall–Kier alpha value is -3.55. The summed E-state index contributed by atoms with van der Waals surface area (Å²) in [7, 11) is 0. The molecule has 8 nitrogen and oxygen atoms in total. The van der Waals surface area contributed by atoms with Gasteiger partial charge in [-0.05, 0) is 24.3 Å². The predicted octanol–water partition coefficient (Wildman–Crippen LogP) is 0.916. The number of carbonyl (C=O) groups is 3. The van der Waals surface area contributed by atoms with Crippen molar-refractivity contribution < 1.29 is 28.6 Å². The molecule has 0 saturated heterocycles. The van der Waals surface area contributed by atoms with E-state index in [1.807, 2.05) is 12.1 Å². The summed E-state index contributed by atoms with van der Waals surface area (Å²) in [5.74, 6) is -0.280. The summed E-state index contributed by atoms with van der Waals surface area (Å²) in [6.45, 7) is -0.236. The van der Waals surface area contributed by atoms with Crippen LogP contribution in [0.4, 0.5) is 0 Å². The average Bonchev–Trinajstić information content (AvgIpc) is 2.75. The number of esters is 1. The van der Waals surface area contributed by atoms with Crippen LogP contribution in [0.25, 0.3) is 0 Å². The van der Waals surface area contributed by atoms with Crippen molar-refractivity contribution in [2.24, 2.45) is 0 Å². The summed E-state index contributed by atoms with van der Waals surface area (Å²) < 4.78 is 16.1. The molecule has 1 atom stereocenters. The van der Waals surface area contributed by atoms with Crippen LogP contribution in [0.1, 0.15) is 10.4 Å². The number of hydrogen-bond donors (Lipinski definition) is 2. The van der Waals surface area contributed by atoms with Gasteiger partial charge in [-0.15, -0.1) is 0 Å². The fourth-order valence-corrected chi connectivity index (χ4v) is 2.48. The second-order valence-corrected chi connectivity index (χ2v) is 6.01. The van der Waals surface area contributed by atoms with Crippen molar-refractivity contribution in [3.8, 4) is 11.5 Å². The molecule has 1 heterocycles. The molecule has 0 aromatic heterocycles. The molecule has 1 aliphatic rings. The van der Waals surface area contributed by atoms with E-state index in [0.29, 0.717) is 23.7 Å². The molecule has 3 rings (SSSR count). The van der Waals surface area contributed by atoms with Crippen molar-refractivity contribution in [1.82, 2.24) is 10.6 Å². The Morgan fingerprint density at radius 3 is 2.46 bits per heavy atom. The van der Waals surface area contributed by atoms with Gasteiger partial charge in [0, 0.05) is 5.56 Å². The number of nitrogens with one attached hydrogen (secondary N) is 2. The van der Waals surface area contributed by atoms with Gasteiger partial charge in [0.1, 0.15) is 19.3 Å². The minimum absolute atomic E-state index is 0.218. The molecule has 2 N–H and O–H groups in total. The van der Waals surface area contributed by atoms with E-state index < -0.39 is 24.4 Å². The molecule has 0 unspecified atom stereocenters. The molecule has 0 fully saturated rings. The van der Waals surface area contributed by atoms with Crippen molar-refractivity contribution in [2.75, 3.05) is 26.3 Å². The van der Waals surface area contributed by atoms with E-state index in [4.69, 9.17) is 14.2 Å². The lowest BCUT2D eigenvalue weighted by atomic mass is 10.2. The highest BCUT2D eigenvalue weighted by atomic mass is 16.6. The van der Waals surface area contributed by atoms with Crippen LogP contribution in [0, 0.1) is 0 Å². The number of amides is 2. The Morgan fingerprint density at radius 2 is 1.68 bits per heavy atom. The summed E-state index contributed by atoms with van der Waals surface area (Å²) in [6, 6.07) is 15.8. The topological polar surface area (TPSA) is 103 Å². The Labute approximate surface area is 161 Å². The van der Waals surface area contributed by atoms with Gasteiger partial charge in [0.2, 0.25) is 0 Å². The number of fused-ring (bicyclic) bond motifs is 1. The zero-order chi connectivity index (χ0) is 19.8. The fraction of sp³-hybridized carbons (Fsp3) is 0.250. The highest BCUT2D eigenvalue weighted by Crippen LogP contribution is 2.30. The second-order valence-electron chi connectivity index (χ2n) is 6.01. The number of hydrogen-bond acceptors (Lipinski definition) is 6. The summed E-state index contributed by atoms with van der Waals surface area (Å²) in [4.78, 5) is 35.3. The molecular weight excluding hydrogens is 364 g/mol. The highest BCUT2D eigenvalue weighted by Gasteiger charge is 2.21. The van der Waals surface area contributed by atoms with Gasteiger partial charge in [0.25, 0.3) is 11.8 Å². The predicted molar refractivity (Wildman–Crippen MR) is 99.1 cm³/mol. The minimum atomic E-state index is -0.703. The monoisotopic (exact) mass is 384 g/mol. The molecule has 2 amide bonds. The van der Waals surface area contributed by atoms with Gasteiger partial charge >= 0.3 is 5.97 Å².